The minimum absolute atomic E-state index is 0.222. The molecular formula is C15H20F4N2. The van der Waals surface area contributed by atoms with E-state index in [1.807, 2.05) is 6.92 Å². The zero-order valence-corrected chi connectivity index (χ0v) is 12.0. The highest BCUT2D eigenvalue weighted by Crippen LogP contribution is 2.37. The Hall–Kier alpha value is -1.14. The van der Waals surface area contributed by atoms with Gasteiger partial charge in [0, 0.05) is 18.6 Å². The van der Waals surface area contributed by atoms with Crippen molar-refractivity contribution in [1.82, 2.24) is 4.90 Å². The van der Waals surface area contributed by atoms with Crippen LogP contribution < -0.4 is 5.73 Å². The maximum atomic E-state index is 13.4. The lowest BCUT2D eigenvalue weighted by Gasteiger charge is -2.31. The second kappa shape index (κ2) is 6.32. The largest absolute Gasteiger partial charge is 0.419 e. The van der Waals surface area contributed by atoms with E-state index in [1.54, 1.807) is 0 Å². The molecule has 0 radical (unpaired) electrons. The van der Waals surface area contributed by atoms with Crippen LogP contribution in [0.1, 0.15) is 43.4 Å². The SMILES string of the molecule is CCCN(C1CC1)C(CN)c1ccc(F)c(C(F)(F)F)c1. The van der Waals surface area contributed by atoms with Crippen LogP contribution in [0, 0.1) is 5.82 Å². The third kappa shape index (κ3) is 3.74. The van der Waals surface area contributed by atoms with Crippen LogP contribution in [-0.2, 0) is 6.18 Å². The molecule has 0 aliphatic heterocycles. The van der Waals surface area contributed by atoms with Gasteiger partial charge in [0.05, 0.1) is 5.56 Å². The Bertz CT molecular complexity index is 483. The van der Waals surface area contributed by atoms with Crippen molar-refractivity contribution in [2.75, 3.05) is 13.1 Å². The third-order valence-corrected chi connectivity index (χ3v) is 3.80. The molecule has 1 saturated carbocycles. The highest BCUT2D eigenvalue weighted by Gasteiger charge is 2.37. The van der Waals surface area contributed by atoms with Crippen molar-refractivity contribution in [2.45, 2.75) is 44.4 Å². The summed E-state index contributed by atoms with van der Waals surface area (Å²) in [7, 11) is 0. The summed E-state index contributed by atoms with van der Waals surface area (Å²) in [4.78, 5) is 2.15. The fourth-order valence-corrected chi connectivity index (χ4v) is 2.69. The molecule has 0 heterocycles. The molecule has 2 rings (SSSR count). The van der Waals surface area contributed by atoms with Gasteiger partial charge in [0.15, 0.2) is 0 Å². The number of rotatable bonds is 6. The van der Waals surface area contributed by atoms with Crippen molar-refractivity contribution in [1.29, 1.82) is 0 Å². The quantitative estimate of drug-likeness (QED) is 0.812. The minimum Gasteiger partial charge on any atom is -0.329 e. The van der Waals surface area contributed by atoms with Gasteiger partial charge >= 0.3 is 6.18 Å². The van der Waals surface area contributed by atoms with Gasteiger partial charge in [0.1, 0.15) is 5.82 Å². The zero-order chi connectivity index (χ0) is 15.6. The first-order valence-electron chi connectivity index (χ1n) is 7.21. The second-order valence-corrected chi connectivity index (χ2v) is 5.46. The summed E-state index contributed by atoms with van der Waals surface area (Å²) in [6, 6.07) is 3.29. The van der Waals surface area contributed by atoms with E-state index in [4.69, 9.17) is 5.73 Å². The van der Waals surface area contributed by atoms with E-state index < -0.39 is 17.6 Å². The molecular weight excluding hydrogens is 284 g/mol. The summed E-state index contributed by atoms with van der Waals surface area (Å²) < 4.78 is 51.9. The number of alkyl halides is 3. The molecule has 6 heteroatoms. The van der Waals surface area contributed by atoms with Crippen LogP contribution in [0.25, 0.3) is 0 Å². The Labute approximate surface area is 121 Å². The lowest BCUT2D eigenvalue weighted by Crippen LogP contribution is -2.36. The second-order valence-electron chi connectivity index (χ2n) is 5.46. The standard InChI is InChI=1S/C15H20F4N2/c1-2-7-21(11-4-5-11)14(9-20)10-3-6-13(16)12(8-10)15(17,18)19/h3,6,8,11,14H,2,4-5,7,9,20H2,1H3. The van der Waals surface area contributed by atoms with Crippen molar-refractivity contribution < 1.29 is 17.6 Å². The van der Waals surface area contributed by atoms with E-state index >= 15 is 0 Å². The van der Waals surface area contributed by atoms with Gasteiger partial charge in [-0.1, -0.05) is 13.0 Å². The maximum Gasteiger partial charge on any atom is 0.419 e. The van der Waals surface area contributed by atoms with Gasteiger partial charge in [-0.05, 0) is 43.5 Å². The number of halogens is 4. The van der Waals surface area contributed by atoms with Gasteiger partial charge in [-0.15, -0.1) is 0 Å². The van der Waals surface area contributed by atoms with Crippen molar-refractivity contribution in [3.63, 3.8) is 0 Å². The van der Waals surface area contributed by atoms with Crippen LogP contribution in [0.5, 0.6) is 0 Å². The number of hydrogen-bond donors (Lipinski definition) is 1. The van der Waals surface area contributed by atoms with Crippen LogP contribution in [0.4, 0.5) is 17.6 Å². The van der Waals surface area contributed by atoms with Crippen molar-refractivity contribution in [3.8, 4) is 0 Å². The zero-order valence-electron chi connectivity index (χ0n) is 12.0. The first kappa shape index (κ1) is 16.2. The minimum atomic E-state index is -4.69. The van der Waals surface area contributed by atoms with Gasteiger partial charge in [-0.25, -0.2) is 4.39 Å². The van der Waals surface area contributed by atoms with Gasteiger partial charge in [0.25, 0.3) is 0 Å². The van der Waals surface area contributed by atoms with Crippen molar-refractivity contribution >= 4 is 0 Å². The van der Waals surface area contributed by atoms with Crippen LogP contribution >= 0.6 is 0 Å². The molecule has 118 valence electrons. The van der Waals surface area contributed by atoms with Gasteiger partial charge in [-0.2, -0.15) is 13.2 Å². The Balaban J connectivity index is 2.33. The molecule has 0 aromatic heterocycles. The molecule has 1 fully saturated rings. The summed E-state index contributed by atoms with van der Waals surface area (Å²) in [6.45, 7) is 3.03. The molecule has 1 aliphatic rings. The molecule has 2 N–H and O–H groups in total. The predicted molar refractivity (Wildman–Crippen MR) is 73.2 cm³/mol. The molecule has 1 aromatic rings. The van der Waals surface area contributed by atoms with Gasteiger partial charge < -0.3 is 5.73 Å². The number of benzene rings is 1. The molecule has 0 saturated heterocycles. The van der Waals surface area contributed by atoms with Gasteiger partial charge in [-0.3, -0.25) is 4.90 Å². The van der Waals surface area contributed by atoms with Crippen LogP contribution in [-0.4, -0.2) is 24.0 Å². The monoisotopic (exact) mass is 304 g/mol. The van der Waals surface area contributed by atoms with E-state index in [9.17, 15) is 17.6 Å². The maximum absolute atomic E-state index is 13.4. The summed E-state index contributed by atoms with van der Waals surface area (Å²) in [6.07, 6.45) is -1.69. The van der Waals surface area contributed by atoms with Gasteiger partial charge in [0.2, 0.25) is 0 Å². The molecule has 21 heavy (non-hydrogen) atoms. The molecule has 1 aromatic carbocycles. The third-order valence-electron chi connectivity index (χ3n) is 3.80. The number of nitrogens with two attached hydrogens (primary N) is 1. The fraction of sp³-hybridized carbons (Fsp3) is 0.600. The molecule has 2 nitrogen and oxygen atoms in total. The molecule has 1 atom stereocenters. The Morgan fingerprint density at radius 1 is 1.33 bits per heavy atom. The Morgan fingerprint density at radius 2 is 2.00 bits per heavy atom. The molecule has 1 aliphatic carbocycles. The fourth-order valence-electron chi connectivity index (χ4n) is 2.69. The van der Waals surface area contributed by atoms with E-state index in [2.05, 4.69) is 4.90 Å². The topological polar surface area (TPSA) is 29.3 Å². The molecule has 0 bridgehead atoms. The average molecular weight is 304 g/mol. The van der Waals surface area contributed by atoms with Crippen LogP contribution in [0.2, 0.25) is 0 Å². The van der Waals surface area contributed by atoms with Crippen molar-refractivity contribution in [3.05, 3.63) is 35.1 Å². The summed E-state index contributed by atoms with van der Waals surface area (Å²) in [5.74, 6) is -1.24. The summed E-state index contributed by atoms with van der Waals surface area (Å²) >= 11 is 0. The summed E-state index contributed by atoms with van der Waals surface area (Å²) in [5, 5.41) is 0. The highest BCUT2D eigenvalue weighted by atomic mass is 19.4. The first-order valence-corrected chi connectivity index (χ1v) is 7.21. The smallest absolute Gasteiger partial charge is 0.329 e. The average Bonchev–Trinajstić information content (AvgIpc) is 3.23. The van der Waals surface area contributed by atoms with E-state index in [1.165, 1.54) is 6.07 Å². The normalized spacial score (nSPS) is 17.3. The number of hydrogen-bond acceptors (Lipinski definition) is 2. The van der Waals surface area contributed by atoms with E-state index in [0.29, 0.717) is 11.6 Å². The van der Waals surface area contributed by atoms with E-state index in [0.717, 1.165) is 37.9 Å². The predicted octanol–water partition coefficient (Wildman–Crippen LogP) is 3.72. The van der Waals surface area contributed by atoms with Crippen LogP contribution in [0.3, 0.4) is 0 Å². The lowest BCUT2D eigenvalue weighted by atomic mass is 10.0. The molecule has 1 unspecified atom stereocenters. The number of nitrogens with zero attached hydrogens (tertiary/aromatic N) is 1. The Morgan fingerprint density at radius 3 is 2.48 bits per heavy atom. The molecule has 0 spiro atoms. The van der Waals surface area contributed by atoms with Crippen LogP contribution in [0.15, 0.2) is 18.2 Å². The van der Waals surface area contributed by atoms with Crippen molar-refractivity contribution in [2.24, 2.45) is 5.73 Å². The van der Waals surface area contributed by atoms with E-state index in [-0.39, 0.29) is 12.6 Å². The Kier molecular flexibility index (Phi) is 4.88. The first-order chi connectivity index (χ1) is 9.88. The molecule has 0 amide bonds. The summed E-state index contributed by atoms with van der Waals surface area (Å²) in [5.41, 5.74) is 5.00. The highest BCUT2D eigenvalue weighted by molar-refractivity contribution is 5.30. The lowest BCUT2D eigenvalue weighted by molar-refractivity contribution is -0.140.